The molecule has 1 aromatic carbocycles. The van der Waals surface area contributed by atoms with Crippen LogP contribution < -0.4 is 4.90 Å². The molecule has 21 heavy (non-hydrogen) atoms. The second-order valence-corrected chi connectivity index (χ2v) is 6.12. The predicted molar refractivity (Wildman–Crippen MR) is 83.7 cm³/mol. The summed E-state index contributed by atoms with van der Waals surface area (Å²) >= 11 is 0. The lowest BCUT2D eigenvalue weighted by Gasteiger charge is -2.30. The number of carbonyl (C=O) groups is 1. The van der Waals surface area contributed by atoms with E-state index >= 15 is 0 Å². The Labute approximate surface area is 126 Å². The highest BCUT2D eigenvalue weighted by Crippen LogP contribution is 2.21. The third-order valence-corrected chi connectivity index (χ3v) is 4.59. The number of hydrogen-bond donors (Lipinski definition) is 1. The summed E-state index contributed by atoms with van der Waals surface area (Å²) in [6.07, 6.45) is 4.99. The van der Waals surface area contributed by atoms with Crippen LogP contribution in [0.3, 0.4) is 0 Å². The molecular weight excluding hydrogens is 264 g/mol. The minimum Gasteiger partial charge on any atom is -0.393 e. The molecule has 114 valence electrons. The van der Waals surface area contributed by atoms with E-state index < -0.39 is 0 Å². The van der Waals surface area contributed by atoms with Crippen LogP contribution in [-0.2, 0) is 0 Å². The number of benzene rings is 1. The normalized spacial score (nSPS) is 20.6. The van der Waals surface area contributed by atoms with Gasteiger partial charge in [0.2, 0.25) is 0 Å². The quantitative estimate of drug-likeness (QED) is 0.908. The third-order valence-electron chi connectivity index (χ3n) is 4.59. The van der Waals surface area contributed by atoms with E-state index in [1.54, 1.807) is 0 Å². The number of hydrogen-bond acceptors (Lipinski definition) is 3. The van der Waals surface area contributed by atoms with E-state index in [-0.39, 0.29) is 12.0 Å². The zero-order chi connectivity index (χ0) is 14.7. The van der Waals surface area contributed by atoms with Crippen LogP contribution >= 0.6 is 0 Å². The maximum Gasteiger partial charge on any atom is 0.253 e. The van der Waals surface area contributed by atoms with Gasteiger partial charge in [0.1, 0.15) is 0 Å². The maximum absolute atomic E-state index is 12.4. The number of nitrogens with zero attached hydrogens (tertiary/aromatic N) is 2. The van der Waals surface area contributed by atoms with E-state index in [0.29, 0.717) is 25.9 Å². The van der Waals surface area contributed by atoms with Crippen LogP contribution in [-0.4, -0.2) is 48.2 Å². The van der Waals surface area contributed by atoms with Gasteiger partial charge in [0.05, 0.1) is 6.10 Å². The smallest absolute Gasteiger partial charge is 0.253 e. The molecule has 1 aromatic rings. The van der Waals surface area contributed by atoms with Crippen molar-refractivity contribution in [3.63, 3.8) is 0 Å². The summed E-state index contributed by atoms with van der Waals surface area (Å²) in [5, 5.41) is 9.52. The summed E-state index contributed by atoms with van der Waals surface area (Å²) in [5.41, 5.74) is 1.98. The van der Waals surface area contributed by atoms with Crippen molar-refractivity contribution in [2.75, 3.05) is 31.1 Å². The Bertz CT molecular complexity index is 472. The average molecular weight is 288 g/mol. The molecule has 0 saturated carbocycles. The molecule has 1 N–H and O–H groups in total. The van der Waals surface area contributed by atoms with Gasteiger partial charge < -0.3 is 14.9 Å². The van der Waals surface area contributed by atoms with E-state index in [2.05, 4.69) is 17.0 Å². The number of carbonyl (C=O) groups excluding carboxylic acids is 1. The van der Waals surface area contributed by atoms with Crippen molar-refractivity contribution in [2.24, 2.45) is 0 Å². The molecule has 2 saturated heterocycles. The molecule has 2 fully saturated rings. The van der Waals surface area contributed by atoms with Gasteiger partial charge in [-0.1, -0.05) is 0 Å². The van der Waals surface area contributed by atoms with Crippen molar-refractivity contribution in [1.29, 1.82) is 0 Å². The maximum atomic E-state index is 12.4. The van der Waals surface area contributed by atoms with Crippen LogP contribution in [0.2, 0.25) is 0 Å². The number of aliphatic hydroxyl groups is 1. The number of likely N-dealkylation sites (tertiary alicyclic amines) is 1. The van der Waals surface area contributed by atoms with Crippen molar-refractivity contribution in [3.05, 3.63) is 29.8 Å². The Morgan fingerprint density at radius 3 is 2.19 bits per heavy atom. The lowest BCUT2D eigenvalue weighted by molar-refractivity contribution is 0.0546. The Balaban J connectivity index is 1.64. The van der Waals surface area contributed by atoms with Gasteiger partial charge in [-0.2, -0.15) is 0 Å². The van der Waals surface area contributed by atoms with Crippen molar-refractivity contribution in [3.8, 4) is 0 Å². The fraction of sp³-hybridized carbons (Fsp3) is 0.588. The van der Waals surface area contributed by atoms with Crippen LogP contribution in [0.25, 0.3) is 0 Å². The van der Waals surface area contributed by atoms with Gasteiger partial charge in [0.15, 0.2) is 0 Å². The van der Waals surface area contributed by atoms with Gasteiger partial charge in [0, 0.05) is 37.4 Å². The SMILES string of the molecule is O=C(c1ccc(N2CCCCC2)cc1)N1CCC(O)CC1. The highest BCUT2D eigenvalue weighted by Gasteiger charge is 2.22. The van der Waals surface area contributed by atoms with E-state index in [0.717, 1.165) is 18.7 Å². The van der Waals surface area contributed by atoms with Crippen LogP contribution in [0.1, 0.15) is 42.5 Å². The van der Waals surface area contributed by atoms with Gasteiger partial charge in [-0.05, 0) is 56.4 Å². The Morgan fingerprint density at radius 2 is 1.57 bits per heavy atom. The summed E-state index contributed by atoms with van der Waals surface area (Å²) < 4.78 is 0. The summed E-state index contributed by atoms with van der Waals surface area (Å²) in [5.74, 6) is 0.0899. The molecule has 4 nitrogen and oxygen atoms in total. The van der Waals surface area contributed by atoms with Crippen molar-refractivity contribution >= 4 is 11.6 Å². The van der Waals surface area contributed by atoms with Crippen molar-refractivity contribution < 1.29 is 9.90 Å². The molecule has 1 amide bonds. The second kappa shape index (κ2) is 6.48. The molecule has 4 heteroatoms. The molecule has 3 rings (SSSR count). The molecule has 2 aliphatic heterocycles. The van der Waals surface area contributed by atoms with Gasteiger partial charge in [0.25, 0.3) is 5.91 Å². The zero-order valence-corrected chi connectivity index (χ0v) is 12.5. The molecule has 0 unspecified atom stereocenters. The van der Waals surface area contributed by atoms with E-state index in [1.165, 1.54) is 24.9 Å². The third kappa shape index (κ3) is 3.38. The fourth-order valence-corrected chi connectivity index (χ4v) is 3.22. The lowest BCUT2D eigenvalue weighted by atomic mass is 10.1. The minimum absolute atomic E-state index is 0.0899. The number of amides is 1. The van der Waals surface area contributed by atoms with Gasteiger partial charge >= 0.3 is 0 Å². The summed E-state index contributed by atoms with van der Waals surface area (Å²) in [6, 6.07) is 8.02. The number of aliphatic hydroxyl groups excluding tert-OH is 1. The molecule has 2 heterocycles. The van der Waals surface area contributed by atoms with Gasteiger partial charge in [-0.25, -0.2) is 0 Å². The first-order chi connectivity index (χ1) is 10.2. The Morgan fingerprint density at radius 1 is 0.952 bits per heavy atom. The molecule has 0 spiro atoms. The monoisotopic (exact) mass is 288 g/mol. The van der Waals surface area contributed by atoms with Crippen LogP contribution in [0.5, 0.6) is 0 Å². The molecule has 0 aromatic heterocycles. The largest absolute Gasteiger partial charge is 0.393 e. The number of anilines is 1. The first-order valence-electron chi connectivity index (χ1n) is 8.06. The van der Waals surface area contributed by atoms with Crippen LogP contribution in [0.15, 0.2) is 24.3 Å². The van der Waals surface area contributed by atoms with E-state index in [1.807, 2.05) is 17.0 Å². The van der Waals surface area contributed by atoms with E-state index in [9.17, 15) is 9.90 Å². The Kier molecular flexibility index (Phi) is 4.44. The average Bonchev–Trinajstić information content (AvgIpc) is 2.56. The topological polar surface area (TPSA) is 43.8 Å². The standard InChI is InChI=1S/C17H24N2O2/c20-16-8-12-19(13-9-16)17(21)14-4-6-15(7-5-14)18-10-2-1-3-11-18/h4-7,16,20H,1-3,8-13H2. The first kappa shape index (κ1) is 14.4. The summed E-state index contributed by atoms with van der Waals surface area (Å²) in [6.45, 7) is 3.57. The molecular formula is C17H24N2O2. The zero-order valence-electron chi connectivity index (χ0n) is 12.5. The molecule has 0 aliphatic carbocycles. The molecule has 2 aliphatic rings. The second-order valence-electron chi connectivity index (χ2n) is 6.12. The van der Waals surface area contributed by atoms with Gasteiger partial charge in [-0.15, -0.1) is 0 Å². The van der Waals surface area contributed by atoms with Gasteiger partial charge in [-0.3, -0.25) is 4.79 Å². The molecule has 0 atom stereocenters. The van der Waals surface area contributed by atoms with Crippen LogP contribution in [0, 0.1) is 0 Å². The lowest BCUT2D eigenvalue weighted by Crippen LogP contribution is -2.40. The Hall–Kier alpha value is -1.55. The fourth-order valence-electron chi connectivity index (χ4n) is 3.22. The van der Waals surface area contributed by atoms with Crippen molar-refractivity contribution in [2.45, 2.75) is 38.2 Å². The number of rotatable bonds is 2. The highest BCUT2D eigenvalue weighted by molar-refractivity contribution is 5.94. The van der Waals surface area contributed by atoms with E-state index in [4.69, 9.17) is 0 Å². The van der Waals surface area contributed by atoms with Crippen LogP contribution in [0.4, 0.5) is 5.69 Å². The molecule has 0 bridgehead atoms. The molecule has 0 radical (unpaired) electrons. The van der Waals surface area contributed by atoms with Crippen molar-refractivity contribution in [1.82, 2.24) is 4.90 Å². The summed E-state index contributed by atoms with van der Waals surface area (Å²) in [4.78, 5) is 16.7. The number of piperidine rings is 2. The minimum atomic E-state index is -0.240. The first-order valence-corrected chi connectivity index (χ1v) is 8.06. The predicted octanol–water partition coefficient (Wildman–Crippen LogP) is 2.27. The summed E-state index contributed by atoms with van der Waals surface area (Å²) in [7, 11) is 0. The highest BCUT2D eigenvalue weighted by atomic mass is 16.3.